The molecule has 1 heterocycles. The van der Waals surface area contributed by atoms with Crippen molar-refractivity contribution in [1.29, 1.82) is 0 Å². The first-order chi connectivity index (χ1) is 9.26. The molecule has 1 fully saturated rings. The van der Waals surface area contributed by atoms with Gasteiger partial charge >= 0.3 is 0 Å². The van der Waals surface area contributed by atoms with Crippen LogP contribution in [0.5, 0.6) is 0 Å². The lowest BCUT2D eigenvalue weighted by Gasteiger charge is -2.37. The topological polar surface area (TPSA) is 47.1 Å². The zero-order valence-electron chi connectivity index (χ0n) is 12.4. The van der Waals surface area contributed by atoms with Crippen LogP contribution < -0.4 is 5.73 Å². The van der Waals surface area contributed by atoms with E-state index in [0.717, 1.165) is 26.1 Å². The molecule has 19 heavy (non-hydrogen) atoms. The summed E-state index contributed by atoms with van der Waals surface area (Å²) in [6, 6.07) is 0.642. The second-order valence-electron chi connectivity index (χ2n) is 5.84. The number of aryl methyl sites for hydroxylation is 1. The third-order valence-corrected chi connectivity index (χ3v) is 4.41. The zero-order valence-corrected chi connectivity index (χ0v) is 12.4. The van der Waals surface area contributed by atoms with Gasteiger partial charge in [0.2, 0.25) is 0 Å². The molecule has 0 amide bonds. The van der Waals surface area contributed by atoms with E-state index in [4.69, 9.17) is 5.73 Å². The van der Waals surface area contributed by atoms with Gasteiger partial charge in [0.05, 0.1) is 12.0 Å². The zero-order chi connectivity index (χ0) is 13.7. The summed E-state index contributed by atoms with van der Waals surface area (Å²) in [7, 11) is 2.24. The minimum atomic E-state index is 0.642. The Bertz CT molecular complexity index is 374. The number of aromatic nitrogens is 2. The second kappa shape index (κ2) is 7.06. The molecule has 0 spiro atoms. The molecule has 0 bridgehead atoms. The van der Waals surface area contributed by atoms with Crippen LogP contribution in [0.1, 0.15) is 44.7 Å². The molecule has 2 rings (SSSR count). The fourth-order valence-corrected chi connectivity index (χ4v) is 3.34. The molecule has 4 heteroatoms. The summed E-state index contributed by atoms with van der Waals surface area (Å²) < 4.78 is 2.27. The molecular weight excluding hydrogens is 236 g/mol. The summed E-state index contributed by atoms with van der Waals surface area (Å²) in [5.74, 6) is 0.668. The molecule has 4 nitrogen and oxygen atoms in total. The Balaban J connectivity index is 1.98. The van der Waals surface area contributed by atoms with Crippen LogP contribution in [0.4, 0.5) is 0 Å². The fraction of sp³-hybridized carbons (Fsp3) is 0.800. The largest absolute Gasteiger partial charge is 0.333 e. The molecule has 1 aromatic heterocycles. The highest BCUT2D eigenvalue weighted by Gasteiger charge is 2.27. The molecular formula is C15H28N4. The van der Waals surface area contributed by atoms with Gasteiger partial charge in [-0.25, -0.2) is 4.98 Å². The Hall–Kier alpha value is -0.870. The maximum Gasteiger partial charge on any atom is 0.0948 e. The highest BCUT2D eigenvalue weighted by Crippen LogP contribution is 2.28. The average Bonchev–Trinajstić information content (AvgIpc) is 2.86. The van der Waals surface area contributed by atoms with E-state index in [-0.39, 0.29) is 0 Å². The van der Waals surface area contributed by atoms with Crippen molar-refractivity contribution in [2.24, 2.45) is 11.7 Å². The van der Waals surface area contributed by atoms with E-state index in [9.17, 15) is 0 Å². The maximum atomic E-state index is 5.94. The summed E-state index contributed by atoms with van der Waals surface area (Å²) in [4.78, 5) is 6.78. The molecule has 2 N–H and O–H groups in total. The summed E-state index contributed by atoms with van der Waals surface area (Å²) >= 11 is 0. The van der Waals surface area contributed by atoms with Crippen LogP contribution in [-0.4, -0.2) is 34.1 Å². The molecule has 1 saturated carbocycles. The van der Waals surface area contributed by atoms with Gasteiger partial charge < -0.3 is 10.3 Å². The molecule has 0 saturated heterocycles. The van der Waals surface area contributed by atoms with Crippen molar-refractivity contribution >= 4 is 0 Å². The van der Waals surface area contributed by atoms with Crippen LogP contribution in [0.15, 0.2) is 12.5 Å². The Morgan fingerprint density at radius 3 is 2.95 bits per heavy atom. The fourth-order valence-electron chi connectivity index (χ4n) is 3.34. The second-order valence-corrected chi connectivity index (χ2v) is 5.84. The van der Waals surface area contributed by atoms with Gasteiger partial charge in [-0.15, -0.1) is 0 Å². The van der Waals surface area contributed by atoms with Gasteiger partial charge in [0.25, 0.3) is 0 Å². The van der Waals surface area contributed by atoms with Gasteiger partial charge in [0.1, 0.15) is 0 Å². The van der Waals surface area contributed by atoms with Crippen LogP contribution in [0.3, 0.4) is 0 Å². The van der Waals surface area contributed by atoms with Crippen LogP contribution in [0.2, 0.25) is 0 Å². The molecule has 2 unspecified atom stereocenters. The average molecular weight is 264 g/mol. The molecule has 1 aliphatic carbocycles. The summed E-state index contributed by atoms with van der Waals surface area (Å²) in [6.45, 7) is 5.08. The van der Waals surface area contributed by atoms with Crippen LogP contribution in [0.25, 0.3) is 0 Å². The number of nitrogens with zero attached hydrogens (tertiary/aromatic N) is 3. The van der Waals surface area contributed by atoms with E-state index in [1.807, 2.05) is 12.5 Å². The number of hydrogen-bond donors (Lipinski definition) is 1. The third kappa shape index (κ3) is 3.57. The van der Waals surface area contributed by atoms with Gasteiger partial charge in [-0.1, -0.05) is 19.8 Å². The smallest absolute Gasteiger partial charge is 0.0948 e. The molecule has 0 aromatic carbocycles. The summed E-state index contributed by atoms with van der Waals surface area (Å²) in [5, 5.41) is 0. The van der Waals surface area contributed by atoms with Gasteiger partial charge in [-0.2, -0.15) is 0 Å². The van der Waals surface area contributed by atoms with Crippen molar-refractivity contribution in [3.63, 3.8) is 0 Å². The predicted octanol–water partition coefficient (Wildman–Crippen LogP) is 2.24. The van der Waals surface area contributed by atoms with Crippen molar-refractivity contribution in [2.75, 3.05) is 13.6 Å². The van der Waals surface area contributed by atoms with E-state index in [0.29, 0.717) is 12.0 Å². The van der Waals surface area contributed by atoms with Gasteiger partial charge in [0, 0.05) is 25.3 Å². The lowest BCUT2D eigenvalue weighted by molar-refractivity contribution is 0.125. The van der Waals surface area contributed by atoms with Crippen molar-refractivity contribution in [2.45, 2.75) is 58.2 Å². The first-order valence-corrected chi connectivity index (χ1v) is 7.65. The Morgan fingerprint density at radius 1 is 1.42 bits per heavy atom. The van der Waals surface area contributed by atoms with Crippen molar-refractivity contribution < 1.29 is 0 Å². The highest BCUT2D eigenvalue weighted by atomic mass is 15.2. The maximum absolute atomic E-state index is 5.94. The van der Waals surface area contributed by atoms with Gasteiger partial charge in [-0.05, 0) is 38.8 Å². The minimum Gasteiger partial charge on any atom is -0.333 e. The molecule has 1 aliphatic rings. The highest BCUT2D eigenvalue weighted by molar-refractivity contribution is 4.99. The standard InChI is InChI=1S/C15H28N4/c1-3-8-19-12-17-10-14(19)11-18(2)15-7-5-4-6-13(15)9-16/h10,12-13,15H,3-9,11,16H2,1-2H3. The monoisotopic (exact) mass is 264 g/mol. The number of imidazole rings is 1. The van der Waals surface area contributed by atoms with Crippen molar-refractivity contribution in [1.82, 2.24) is 14.5 Å². The van der Waals surface area contributed by atoms with Crippen molar-refractivity contribution in [3.8, 4) is 0 Å². The van der Waals surface area contributed by atoms with E-state index in [2.05, 4.69) is 28.4 Å². The molecule has 1 aromatic rings. The molecule has 0 radical (unpaired) electrons. The third-order valence-electron chi connectivity index (χ3n) is 4.41. The quantitative estimate of drug-likeness (QED) is 0.857. The number of rotatable bonds is 6. The minimum absolute atomic E-state index is 0.642. The molecule has 108 valence electrons. The normalized spacial score (nSPS) is 24.0. The van der Waals surface area contributed by atoms with Crippen LogP contribution >= 0.6 is 0 Å². The Labute approximate surface area is 117 Å². The molecule has 2 atom stereocenters. The van der Waals surface area contributed by atoms with Crippen LogP contribution in [-0.2, 0) is 13.1 Å². The van der Waals surface area contributed by atoms with Crippen molar-refractivity contribution in [3.05, 3.63) is 18.2 Å². The summed E-state index contributed by atoms with van der Waals surface area (Å²) in [6.07, 6.45) is 10.4. The van der Waals surface area contributed by atoms with E-state index < -0.39 is 0 Å². The lowest BCUT2D eigenvalue weighted by Crippen LogP contribution is -2.42. The van der Waals surface area contributed by atoms with Gasteiger partial charge in [-0.3, -0.25) is 4.90 Å². The summed E-state index contributed by atoms with van der Waals surface area (Å²) in [5.41, 5.74) is 7.26. The number of hydrogen-bond acceptors (Lipinski definition) is 3. The Morgan fingerprint density at radius 2 is 2.21 bits per heavy atom. The van der Waals surface area contributed by atoms with Crippen LogP contribution in [0, 0.1) is 5.92 Å². The van der Waals surface area contributed by atoms with E-state index in [1.165, 1.54) is 31.4 Å². The lowest BCUT2D eigenvalue weighted by atomic mass is 9.83. The van der Waals surface area contributed by atoms with E-state index >= 15 is 0 Å². The first kappa shape index (κ1) is 14.5. The SMILES string of the molecule is CCCn1cncc1CN(C)C1CCCCC1CN. The Kier molecular flexibility index (Phi) is 5.40. The van der Waals surface area contributed by atoms with Gasteiger partial charge in [0.15, 0.2) is 0 Å². The van der Waals surface area contributed by atoms with E-state index in [1.54, 1.807) is 0 Å². The first-order valence-electron chi connectivity index (χ1n) is 7.65. The number of nitrogens with two attached hydrogens (primary N) is 1. The molecule has 0 aliphatic heterocycles. The predicted molar refractivity (Wildman–Crippen MR) is 78.8 cm³/mol.